The Balaban J connectivity index is 1.65. The maximum Gasteiger partial charge on any atom is 0.442 e. The van der Waals surface area contributed by atoms with Gasteiger partial charge in [0.25, 0.3) is 0 Å². The number of hydrogen-bond acceptors (Lipinski definition) is 8. The Morgan fingerprint density at radius 2 is 1.66 bits per heavy atom. The van der Waals surface area contributed by atoms with Crippen molar-refractivity contribution in [1.82, 2.24) is 19.9 Å². The minimum atomic E-state index is -0.634. The highest BCUT2D eigenvalue weighted by Gasteiger charge is 2.18. The van der Waals surface area contributed by atoms with Crippen molar-refractivity contribution in [2.75, 3.05) is 14.2 Å². The fourth-order valence-corrected chi connectivity index (χ4v) is 2.86. The Morgan fingerprint density at radius 3 is 2.38 bits per heavy atom. The summed E-state index contributed by atoms with van der Waals surface area (Å²) >= 11 is 0. The number of aryl methyl sites for hydroxylation is 1. The number of methoxy groups -OCH3 is 2. The molecule has 0 amide bonds. The van der Waals surface area contributed by atoms with Crippen LogP contribution < -0.4 is 15.2 Å². The first-order valence-electron chi connectivity index (χ1n) is 8.77. The molecule has 0 bridgehead atoms. The lowest BCUT2D eigenvalue weighted by Gasteiger charge is -2.09. The second-order valence-corrected chi connectivity index (χ2v) is 6.31. The van der Waals surface area contributed by atoms with Gasteiger partial charge in [0.15, 0.2) is 17.3 Å². The average Bonchev–Trinajstić information content (AvgIpc) is 3.35. The molecule has 0 saturated carbocycles. The molecule has 0 fully saturated rings. The smallest absolute Gasteiger partial charge is 0.442 e. The van der Waals surface area contributed by atoms with Crippen molar-refractivity contribution in [1.29, 1.82) is 0 Å². The Labute approximate surface area is 165 Å². The maximum atomic E-state index is 12.2. The molecule has 0 radical (unpaired) electrons. The van der Waals surface area contributed by atoms with Crippen LogP contribution in [0.1, 0.15) is 11.5 Å². The summed E-state index contributed by atoms with van der Waals surface area (Å²) in [5.41, 5.74) is 2.57. The van der Waals surface area contributed by atoms with E-state index in [-0.39, 0.29) is 12.4 Å². The normalized spacial score (nSPS) is 10.9. The highest BCUT2D eigenvalue weighted by molar-refractivity contribution is 5.61. The summed E-state index contributed by atoms with van der Waals surface area (Å²) in [6, 6.07) is 12.9. The number of nitrogens with zero attached hydrogens (tertiary/aromatic N) is 4. The molecule has 0 aliphatic heterocycles. The summed E-state index contributed by atoms with van der Waals surface area (Å²) in [7, 11) is 3.08. The highest BCUT2D eigenvalue weighted by Crippen LogP contribution is 2.31. The van der Waals surface area contributed by atoms with Crippen LogP contribution in [0.25, 0.3) is 22.8 Å². The SMILES string of the molecule is COc1ccc(-c2noc(=O)n2Cc2nc(-c3ccc(C)cc3)no2)cc1OC. The van der Waals surface area contributed by atoms with E-state index in [4.69, 9.17) is 18.5 Å². The molecule has 9 heteroatoms. The van der Waals surface area contributed by atoms with Crippen molar-refractivity contribution in [2.24, 2.45) is 0 Å². The molecule has 0 aliphatic carbocycles. The third-order valence-corrected chi connectivity index (χ3v) is 4.40. The molecule has 148 valence electrons. The van der Waals surface area contributed by atoms with Crippen LogP contribution in [0, 0.1) is 6.92 Å². The Bertz CT molecular complexity index is 1190. The van der Waals surface area contributed by atoms with Gasteiger partial charge in [0.2, 0.25) is 11.7 Å². The summed E-state index contributed by atoms with van der Waals surface area (Å²) in [4.78, 5) is 16.6. The minimum absolute atomic E-state index is 0.0187. The molecule has 29 heavy (non-hydrogen) atoms. The van der Waals surface area contributed by atoms with Crippen LogP contribution in [0.5, 0.6) is 11.5 Å². The Morgan fingerprint density at radius 1 is 0.931 bits per heavy atom. The lowest BCUT2D eigenvalue weighted by molar-refractivity contribution is 0.354. The third-order valence-electron chi connectivity index (χ3n) is 4.40. The van der Waals surface area contributed by atoms with E-state index in [1.807, 2.05) is 31.2 Å². The lowest BCUT2D eigenvalue weighted by Crippen LogP contribution is -2.16. The van der Waals surface area contributed by atoms with Gasteiger partial charge in [0.05, 0.1) is 14.2 Å². The van der Waals surface area contributed by atoms with E-state index in [1.165, 1.54) is 11.7 Å². The Hall–Kier alpha value is -3.88. The summed E-state index contributed by atoms with van der Waals surface area (Å²) < 4.78 is 22.0. The molecule has 0 saturated heterocycles. The van der Waals surface area contributed by atoms with Crippen molar-refractivity contribution in [3.8, 4) is 34.3 Å². The molecule has 4 rings (SSSR count). The Kier molecular flexibility index (Phi) is 4.86. The van der Waals surface area contributed by atoms with Crippen LogP contribution in [0.2, 0.25) is 0 Å². The lowest BCUT2D eigenvalue weighted by atomic mass is 10.1. The zero-order chi connectivity index (χ0) is 20.4. The molecule has 0 aliphatic rings. The van der Waals surface area contributed by atoms with Gasteiger partial charge < -0.3 is 14.0 Å². The first-order valence-corrected chi connectivity index (χ1v) is 8.77. The van der Waals surface area contributed by atoms with Gasteiger partial charge in [-0.1, -0.05) is 40.1 Å². The molecule has 2 heterocycles. The summed E-state index contributed by atoms with van der Waals surface area (Å²) in [5.74, 6) is 1.44. The molecular weight excluding hydrogens is 376 g/mol. The minimum Gasteiger partial charge on any atom is -0.493 e. The van der Waals surface area contributed by atoms with Crippen molar-refractivity contribution in [3.63, 3.8) is 0 Å². The molecule has 0 spiro atoms. The number of hydrogen-bond donors (Lipinski definition) is 0. The molecular formula is C20H18N4O5. The molecule has 2 aromatic carbocycles. The van der Waals surface area contributed by atoms with Crippen LogP contribution in [-0.4, -0.2) is 34.1 Å². The number of aromatic nitrogens is 4. The maximum absolute atomic E-state index is 12.2. The van der Waals surface area contributed by atoms with Crippen LogP contribution >= 0.6 is 0 Å². The first kappa shape index (κ1) is 18.5. The van der Waals surface area contributed by atoms with E-state index < -0.39 is 5.76 Å². The first-order chi connectivity index (χ1) is 14.1. The number of benzene rings is 2. The molecule has 0 unspecified atom stereocenters. The predicted molar refractivity (Wildman–Crippen MR) is 103 cm³/mol. The second kappa shape index (κ2) is 7.63. The largest absolute Gasteiger partial charge is 0.493 e. The van der Waals surface area contributed by atoms with Crippen LogP contribution in [0.4, 0.5) is 0 Å². The van der Waals surface area contributed by atoms with Crippen molar-refractivity contribution < 1.29 is 18.5 Å². The van der Waals surface area contributed by atoms with Gasteiger partial charge in [0.1, 0.15) is 6.54 Å². The van der Waals surface area contributed by atoms with E-state index in [0.29, 0.717) is 28.7 Å². The quantitative estimate of drug-likeness (QED) is 0.491. The summed E-state index contributed by atoms with van der Waals surface area (Å²) in [6.07, 6.45) is 0. The van der Waals surface area contributed by atoms with Crippen molar-refractivity contribution in [3.05, 3.63) is 64.5 Å². The van der Waals surface area contributed by atoms with Gasteiger partial charge in [-0.3, -0.25) is 4.52 Å². The third kappa shape index (κ3) is 3.62. The highest BCUT2D eigenvalue weighted by atomic mass is 16.5. The molecule has 9 nitrogen and oxygen atoms in total. The van der Waals surface area contributed by atoms with Gasteiger partial charge in [0, 0.05) is 11.1 Å². The van der Waals surface area contributed by atoms with E-state index in [0.717, 1.165) is 11.1 Å². The molecule has 0 atom stereocenters. The van der Waals surface area contributed by atoms with Crippen molar-refractivity contribution >= 4 is 0 Å². The summed E-state index contributed by atoms with van der Waals surface area (Å²) in [5, 5.41) is 7.87. The fourth-order valence-electron chi connectivity index (χ4n) is 2.86. The molecule has 0 N–H and O–H groups in total. The van der Waals surface area contributed by atoms with E-state index in [1.54, 1.807) is 25.3 Å². The van der Waals surface area contributed by atoms with Crippen LogP contribution in [0.3, 0.4) is 0 Å². The average molecular weight is 394 g/mol. The van der Waals surface area contributed by atoms with Gasteiger partial charge in [-0.2, -0.15) is 4.98 Å². The fraction of sp³-hybridized carbons (Fsp3) is 0.200. The van der Waals surface area contributed by atoms with Gasteiger partial charge in [-0.25, -0.2) is 9.36 Å². The van der Waals surface area contributed by atoms with E-state index in [2.05, 4.69) is 15.3 Å². The van der Waals surface area contributed by atoms with Crippen molar-refractivity contribution in [2.45, 2.75) is 13.5 Å². The van der Waals surface area contributed by atoms with Gasteiger partial charge >= 0.3 is 5.76 Å². The summed E-state index contributed by atoms with van der Waals surface area (Å²) in [6.45, 7) is 2.02. The van der Waals surface area contributed by atoms with Crippen LogP contribution in [-0.2, 0) is 6.54 Å². The van der Waals surface area contributed by atoms with Crippen LogP contribution in [0.15, 0.2) is 56.3 Å². The monoisotopic (exact) mass is 394 g/mol. The van der Waals surface area contributed by atoms with Gasteiger partial charge in [-0.05, 0) is 25.1 Å². The van der Waals surface area contributed by atoms with Gasteiger partial charge in [-0.15, -0.1) is 0 Å². The van der Waals surface area contributed by atoms with E-state index >= 15 is 0 Å². The second-order valence-electron chi connectivity index (χ2n) is 6.31. The number of rotatable bonds is 6. The zero-order valence-corrected chi connectivity index (χ0v) is 16.1. The van der Waals surface area contributed by atoms with E-state index in [9.17, 15) is 4.79 Å². The molecule has 2 aromatic heterocycles. The standard InChI is InChI=1S/C20H18N4O5/c1-12-4-6-13(7-5-12)18-21-17(28-22-18)11-24-19(23-29-20(24)25)14-8-9-15(26-2)16(10-14)27-3/h4-10H,11H2,1-3H3. The zero-order valence-electron chi connectivity index (χ0n) is 16.1. The number of ether oxygens (including phenoxy) is 2. The predicted octanol–water partition coefficient (Wildman–Crippen LogP) is 2.93. The molecule has 4 aromatic rings. The topological polar surface area (TPSA) is 105 Å².